The van der Waals surface area contributed by atoms with Gasteiger partial charge in [0.05, 0.1) is 26.4 Å². The summed E-state index contributed by atoms with van der Waals surface area (Å²) in [6.45, 7) is 2.34. The van der Waals surface area contributed by atoms with Crippen molar-refractivity contribution in [1.82, 2.24) is 0 Å². The summed E-state index contributed by atoms with van der Waals surface area (Å²) in [6.07, 6.45) is 1.99. The van der Waals surface area contributed by atoms with Crippen LogP contribution in [0.2, 0.25) is 0 Å². The Kier molecular flexibility index (Phi) is 9.24. The molecule has 0 aromatic rings. The van der Waals surface area contributed by atoms with E-state index in [1.807, 2.05) is 0 Å². The van der Waals surface area contributed by atoms with Gasteiger partial charge in [0.1, 0.15) is 6.61 Å². The number of hydrogen-bond acceptors (Lipinski definition) is 6. The Morgan fingerprint density at radius 1 is 1.06 bits per heavy atom. The highest BCUT2D eigenvalue weighted by Gasteiger charge is 1.99. The van der Waals surface area contributed by atoms with E-state index < -0.39 is 11.9 Å². The summed E-state index contributed by atoms with van der Waals surface area (Å²) >= 11 is 0. The van der Waals surface area contributed by atoms with Crippen LogP contribution >= 0.6 is 0 Å². The van der Waals surface area contributed by atoms with Gasteiger partial charge in [0, 0.05) is 12.2 Å². The fourth-order valence-electron chi connectivity index (χ4n) is 0.742. The molecule has 6 nitrogen and oxygen atoms in total. The topological polar surface area (TPSA) is 82.1 Å². The van der Waals surface area contributed by atoms with Gasteiger partial charge in [0.25, 0.3) is 0 Å². The molecule has 1 N–H and O–H groups in total. The summed E-state index contributed by atoms with van der Waals surface area (Å²) in [4.78, 5) is 21.8. The molecule has 0 spiro atoms. The van der Waals surface area contributed by atoms with Gasteiger partial charge in [-0.3, -0.25) is 0 Å². The van der Waals surface area contributed by atoms with Crippen molar-refractivity contribution in [3.05, 3.63) is 12.2 Å². The lowest BCUT2D eigenvalue weighted by molar-refractivity contribution is -0.141. The molecule has 0 saturated heterocycles. The molecule has 0 radical (unpaired) electrons. The highest BCUT2D eigenvalue weighted by Crippen LogP contribution is 1.86. The molecule has 0 aromatic heterocycles. The van der Waals surface area contributed by atoms with Crippen LogP contribution in [-0.4, -0.2) is 50.1 Å². The molecular weight excluding hydrogens is 216 g/mol. The van der Waals surface area contributed by atoms with Crippen LogP contribution in [0.25, 0.3) is 0 Å². The van der Waals surface area contributed by atoms with Gasteiger partial charge in [0.2, 0.25) is 0 Å². The first-order valence-electron chi connectivity index (χ1n) is 4.91. The van der Waals surface area contributed by atoms with E-state index in [1.165, 1.54) is 0 Å². The summed E-state index contributed by atoms with van der Waals surface area (Å²) in [5.41, 5.74) is 0. The van der Waals surface area contributed by atoms with Crippen LogP contribution in [0.1, 0.15) is 6.92 Å². The Morgan fingerprint density at radius 3 is 2.25 bits per heavy atom. The Hall–Kier alpha value is -1.40. The number of carbonyl (C=O) groups is 2. The molecule has 0 unspecified atom stereocenters. The third-order valence-corrected chi connectivity index (χ3v) is 1.35. The molecule has 0 atom stereocenters. The van der Waals surface area contributed by atoms with Gasteiger partial charge in [-0.25, -0.2) is 9.59 Å². The molecule has 6 heteroatoms. The van der Waals surface area contributed by atoms with Crippen molar-refractivity contribution >= 4 is 11.9 Å². The Bertz CT molecular complexity index is 235. The van der Waals surface area contributed by atoms with E-state index in [9.17, 15) is 9.59 Å². The molecule has 92 valence electrons. The van der Waals surface area contributed by atoms with Gasteiger partial charge >= 0.3 is 11.9 Å². The largest absolute Gasteiger partial charge is 0.463 e. The number of carbonyl (C=O) groups excluding carboxylic acids is 2. The fourth-order valence-corrected chi connectivity index (χ4v) is 0.742. The molecule has 0 fully saturated rings. The predicted octanol–water partition coefficient (Wildman–Crippen LogP) is -0.342. The van der Waals surface area contributed by atoms with Gasteiger partial charge < -0.3 is 19.3 Å². The van der Waals surface area contributed by atoms with Crippen molar-refractivity contribution in [2.75, 3.05) is 33.0 Å². The number of esters is 2. The van der Waals surface area contributed by atoms with Crippen molar-refractivity contribution in [1.29, 1.82) is 0 Å². The number of aliphatic hydroxyl groups excluding tert-OH is 1. The lowest BCUT2D eigenvalue weighted by atomic mass is 10.5. The zero-order valence-electron chi connectivity index (χ0n) is 9.18. The van der Waals surface area contributed by atoms with Crippen molar-refractivity contribution < 1.29 is 28.9 Å². The molecule has 0 bridgehead atoms. The lowest BCUT2D eigenvalue weighted by Gasteiger charge is -2.02. The second kappa shape index (κ2) is 10.1. The quantitative estimate of drug-likeness (QED) is 0.350. The van der Waals surface area contributed by atoms with E-state index >= 15 is 0 Å². The molecule has 16 heavy (non-hydrogen) atoms. The van der Waals surface area contributed by atoms with Crippen LogP contribution < -0.4 is 0 Å². The van der Waals surface area contributed by atoms with E-state index in [0.29, 0.717) is 0 Å². The Morgan fingerprint density at radius 2 is 1.69 bits per heavy atom. The summed E-state index contributed by atoms with van der Waals surface area (Å²) < 4.78 is 14.1. The van der Waals surface area contributed by atoms with Crippen LogP contribution in [0.3, 0.4) is 0 Å². The average Bonchev–Trinajstić information content (AvgIpc) is 2.26. The highest BCUT2D eigenvalue weighted by atomic mass is 16.6. The minimum absolute atomic E-state index is 0.0727. The first-order chi connectivity index (χ1) is 7.70. The van der Waals surface area contributed by atoms with Gasteiger partial charge in [-0.15, -0.1) is 0 Å². The van der Waals surface area contributed by atoms with E-state index in [2.05, 4.69) is 9.47 Å². The summed E-state index contributed by atoms with van der Waals surface area (Å²) in [5, 5.41) is 8.38. The van der Waals surface area contributed by atoms with Crippen LogP contribution in [0.4, 0.5) is 0 Å². The molecule has 0 rings (SSSR count). The van der Waals surface area contributed by atoms with E-state index in [0.717, 1.165) is 12.2 Å². The molecule has 0 aliphatic carbocycles. The summed E-state index contributed by atoms with van der Waals surface area (Å²) in [5.74, 6) is -1.23. The number of aliphatic hydroxyl groups is 1. The zero-order chi connectivity index (χ0) is 12.2. The minimum atomic E-state index is -0.638. The van der Waals surface area contributed by atoms with Crippen molar-refractivity contribution in [3.63, 3.8) is 0 Å². The third-order valence-electron chi connectivity index (χ3n) is 1.35. The molecule has 0 aliphatic heterocycles. The Labute approximate surface area is 93.8 Å². The zero-order valence-corrected chi connectivity index (χ0v) is 9.18. The van der Waals surface area contributed by atoms with Gasteiger partial charge in [-0.1, -0.05) is 0 Å². The normalized spacial score (nSPS) is 10.4. The Balaban J connectivity index is 3.54. The van der Waals surface area contributed by atoms with Crippen LogP contribution in [0.5, 0.6) is 0 Å². The standard InChI is InChI=1S/C10H16O6/c1-2-15-9(12)3-4-10(13)16-8-7-14-6-5-11/h3-4,11H,2,5-8H2,1H3/b4-3-. The van der Waals surface area contributed by atoms with Crippen molar-refractivity contribution in [3.8, 4) is 0 Å². The monoisotopic (exact) mass is 232 g/mol. The molecule has 0 heterocycles. The first-order valence-corrected chi connectivity index (χ1v) is 4.91. The third kappa shape index (κ3) is 9.17. The molecule has 0 aliphatic rings. The maximum Gasteiger partial charge on any atom is 0.331 e. The number of ether oxygens (including phenoxy) is 3. The number of rotatable bonds is 8. The van der Waals surface area contributed by atoms with Crippen molar-refractivity contribution in [2.24, 2.45) is 0 Å². The van der Waals surface area contributed by atoms with Gasteiger partial charge in [-0.2, -0.15) is 0 Å². The van der Waals surface area contributed by atoms with E-state index in [4.69, 9.17) is 9.84 Å². The maximum absolute atomic E-state index is 11.0. The summed E-state index contributed by atoms with van der Waals surface area (Å²) in [6, 6.07) is 0. The van der Waals surface area contributed by atoms with Crippen LogP contribution in [-0.2, 0) is 23.8 Å². The maximum atomic E-state index is 11.0. The molecule has 0 amide bonds. The van der Waals surface area contributed by atoms with Crippen molar-refractivity contribution in [2.45, 2.75) is 6.92 Å². The average molecular weight is 232 g/mol. The molecular formula is C10H16O6. The second-order valence-electron chi connectivity index (χ2n) is 2.59. The first kappa shape index (κ1) is 14.6. The molecule has 0 aromatic carbocycles. The lowest BCUT2D eigenvalue weighted by Crippen LogP contribution is -2.10. The predicted molar refractivity (Wildman–Crippen MR) is 54.6 cm³/mol. The summed E-state index contributed by atoms with van der Waals surface area (Å²) in [7, 11) is 0. The second-order valence-corrected chi connectivity index (χ2v) is 2.59. The van der Waals surface area contributed by atoms with E-state index in [-0.39, 0.29) is 33.0 Å². The smallest absolute Gasteiger partial charge is 0.331 e. The van der Waals surface area contributed by atoms with Crippen LogP contribution in [0.15, 0.2) is 12.2 Å². The fraction of sp³-hybridized carbons (Fsp3) is 0.600. The molecule has 0 saturated carbocycles. The SMILES string of the molecule is CCOC(=O)/C=C\C(=O)OCCOCCO. The van der Waals surface area contributed by atoms with Crippen LogP contribution in [0, 0.1) is 0 Å². The minimum Gasteiger partial charge on any atom is -0.463 e. The van der Waals surface area contributed by atoms with Gasteiger partial charge in [-0.05, 0) is 6.92 Å². The van der Waals surface area contributed by atoms with E-state index in [1.54, 1.807) is 6.92 Å². The number of hydrogen-bond donors (Lipinski definition) is 1. The highest BCUT2D eigenvalue weighted by molar-refractivity contribution is 5.91. The van der Waals surface area contributed by atoms with Gasteiger partial charge in [0.15, 0.2) is 0 Å².